The van der Waals surface area contributed by atoms with Crippen LogP contribution in [0.3, 0.4) is 0 Å². The minimum Gasteiger partial charge on any atom is -0.454 e. The monoisotopic (exact) mass is 346 g/mol. The summed E-state index contributed by atoms with van der Waals surface area (Å²) in [6.45, 7) is 6.06. The molecule has 4 atom stereocenters. The average molecular weight is 346 g/mol. The van der Waals surface area contributed by atoms with Gasteiger partial charge in [-0.2, -0.15) is 0 Å². The molecule has 2 aromatic heterocycles. The fraction of sp³-hybridized carbons (Fsp3) is 0.611. The molecular weight excluding hydrogens is 324 g/mol. The number of esters is 1. The van der Waals surface area contributed by atoms with E-state index >= 15 is 0 Å². The molecule has 24 heavy (non-hydrogen) atoms. The highest BCUT2D eigenvalue weighted by Gasteiger charge is 2.41. The smallest absolute Gasteiger partial charge is 0.309 e. The van der Waals surface area contributed by atoms with Gasteiger partial charge in [0.25, 0.3) is 5.56 Å². The van der Waals surface area contributed by atoms with E-state index in [0.717, 1.165) is 35.9 Å². The van der Waals surface area contributed by atoms with Crippen molar-refractivity contribution >= 4 is 27.5 Å². The molecule has 0 amide bonds. The molecule has 4 rings (SSSR count). The van der Waals surface area contributed by atoms with Crippen LogP contribution >= 0.6 is 11.3 Å². The quantitative estimate of drug-likeness (QED) is 0.865. The number of hydrogen-bond donors (Lipinski definition) is 1. The van der Waals surface area contributed by atoms with Gasteiger partial charge in [-0.1, -0.05) is 13.8 Å². The second kappa shape index (κ2) is 5.69. The van der Waals surface area contributed by atoms with E-state index in [0.29, 0.717) is 17.7 Å². The molecule has 2 aliphatic rings. The maximum atomic E-state index is 12.6. The van der Waals surface area contributed by atoms with Crippen molar-refractivity contribution in [3.05, 3.63) is 26.6 Å². The van der Waals surface area contributed by atoms with E-state index < -0.39 is 6.10 Å². The van der Waals surface area contributed by atoms with Gasteiger partial charge in [0, 0.05) is 4.88 Å². The molecule has 0 spiro atoms. The number of carbonyl (C=O) groups is 1. The summed E-state index contributed by atoms with van der Waals surface area (Å²) in [6.07, 6.45) is 3.46. The molecule has 0 bridgehead atoms. The van der Waals surface area contributed by atoms with Crippen molar-refractivity contribution in [3.8, 4) is 0 Å². The molecule has 0 aromatic carbocycles. The number of fused-ring (bicyclic) bond motifs is 3. The first kappa shape index (κ1) is 15.8. The second-order valence-electron chi connectivity index (χ2n) is 7.38. The zero-order chi connectivity index (χ0) is 17.0. The third-order valence-electron chi connectivity index (χ3n) is 5.27. The van der Waals surface area contributed by atoms with Crippen molar-refractivity contribution in [2.24, 2.45) is 17.8 Å². The van der Waals surface area contributed by atoms with Crippen LogP contribution < -0.4 is 5.56 Å². The van der Waals surface area contributed by atoms with Gasteiger partial charge in [-0.05, 0) is 50.0 Å². The van der Waals surface area contributed by atoms with Crippen molar-refractivity contribution in [1.82, 2.24) is 9.97 Å². The molecule has 2 aliphatic carbocycles. The maximum Gasteiger partial charge on any atom is 0.309 e. The lowest BCUT2D eigenvalue weighted by molar-refractivity contribution is -0.150. The van der Waals surface area contributed by atoms with Gasteiger partial charge >= 0.3 is 5.97 Å². The topological polar surface area (TPSA) is 72.0 Å². The lowest BCUT2D eigenvalue weighted by Gasteiger charge is -2.17. The standard InChI is InChI=1S/C18H22N2O3S/c1-8-4-5-11-13(6-8)24-17-14(11)16(21)19-15(20-17)10(3)23-18(22)12-7-9(12)2/h8-10,12H,4-7H2,1-3H3,(H,19,20,21)/t8-,9+,10+,12-/m1/s1. The highest BCUT2D eigenvalue weighted by Crippen LogP contribution is 2.40. The van der Waals surface area contributed by atoms with Gasteiger partial charge in [0.2, 0.25) is 0 Å². The molecule has 0 saturated heterocycles. The highest BCUT2D eigenvalue weighted by molar-refractivity contribution is 7.18. The van der Waals surface area contributed by atoms with Crippen LogP contribution in [0, 0.1) is 17.8 Å². The number of H-pyrrole nitrogens is 1. The summed E-state index contributed by atoms with van der Waals surface area (Å²) < 4.78 is 5.49. The van der Waals surface area contributed by atoms with Crippen molar-refractivity contribution in [2.45, 2.75) is 52.6 Å². The van der Waals surface area contributed by atoms with E-state index in [9.17, 15) is 9.59 Å². The number of nitrogens with one attached hydrogen (secondary N) is 1. The van der Waals surface area contributed by atoms with Crippen LogP contribution in [0.4, 0.5) is 0 Å². The van der Waals surface area contributed by atoms with Gasteiger partial charge < -0.3 is 9.72 Å². The number of rotatable bonds is 3. The molecule has 0 aliphatic heterocycles. The number of carbonyl (C=O) groups excluding carboxylic acids is 1. The Morgan fingerprint density at radius 1 is 1.42 bits per heavy atom. The minimum absolute atomic E-state index is 0.0124. The molecule has 1 fully saturated rings. The van der Waals surface area contributed by atoms with Crippen LogP contribution in [0.1, 0.15) is 56.0 Å². The number of ether oxygens (including phenoxy) is 1. The number of aromatic amines is 1. The van der Waals surface area contributed by atoms with Crippen molar-refractivity contribution in [3.63, 3.8) is 0 Å². The summed E-state index contributed by atoms with van der Waals surface area (Å²) >= 11 is 1.62. The normalized spacial score (nSPS) is 26.9. The summed E-state index contributed by atoms with van der Waals surface area (Å²) in [4.78, 5) is 34.1. The van der Waals surface area contributed by atoms with Gasteiger partial charge in [0.05, 0.1) is 11.3 Å². The Hall–Kier alpha value is -1.69. The van der Waals surface area contributed by atoms with E-state index in [1.807, 2.05) is 6.92 Å². The fourth-order valence-electron chi connectivity index (χ4n) is 3.53. The van der Waals surface area contributed by atoms with Crippen molar-refractivity contribution < 1.29 is 9.53 Å². The van der Waals surface area contributed by atoms with E-state index in [4.69, 9.17) is 4.74 Å². The molecule has 6 heteroatoms. The molecule has 5 nitrogen and oxygen atoms in total. The summed E-state index contributed by atoms with van der Waals surface area (Å²) in [5.74, 6) is 1.34. The average Bonchev–Trinajstić information content (AvgIpc) is 3.14. The van der Waals surface area contributed by atoms with Crippen LogP contribution in [-0.4, -0.2) is 15.9 Å². The zero-order valence-corrected chi connectivity index (χ0v) is 15.0. The predicted octanol–water partition coefficient (Wildman–Crippen LogP) is 3.37. The lowest BCUT2D eigenvalue weighted by Crippen LogP contribution is -2.19. The Balaban J connectivity index is 1.65. The Morgan fingerprint density at radius 3 is 2.88 bits per heavy atom. The lowest BCUT2D eigenvalue weighted by atomic mass is 9.89. The zero-order valence-electron chi connectivity index (χ0n) is 14.2. The summed E-state index contributed by atoms with van der Waals surface area (Å²) in [6, 6.07) is 0. The number of aromatic nitrogens is 2. The first-order valence-electron chi connectivity index (χ1n) is 8.69. The Kier molecular flexibility index (Phi) is 3.75. The number of aryl methyl sites for hydroxylation is 1. The number of hydrogen-bond acceptors (Lipinski definition) is 5. The Bertz CT molecular complexity index is 869. The van der Waals surface area contributed by atoms with E-state index in [1.54, 1.807) is 18.3 Å². The molecule has 1 N–H and O–H groups in total. The van der Waals surface area contributed by atoms with E-state index in [-0.39, 0.29) is 17.4 Å². The van der Waals surface area contributed by atoms with Crippen LogP contribution in [-0.2, 0) is 22.4 Å². The molecule has 128 valence electrons. The first-order chi connectivity index (χ1) is 11.4. The van der Waals surface area contributed by atoms with E-state index in [2.05, 4.69) is 16.9 Å². The summed E-state index contributed by atoms with van der Waals surface area (Å²) in [7, 11) is 0. The van der Waals surface area contributed by atoms with Crippen LogP contribution in [0.25, 0.3) is 10.2 Å². The number of thiophene rings is 1. The largest absolute Gasteiger partial charge is 0.454 e. The molecule has 2 aromatic rings. The summed E-state index contributed by atoms with van der Waals surface area (Å²) in [5, 5.41) is 0.736. The van der Waals surface area contributed by atoms with Gasteiger partial charge in [-0.3, -0.25) is 9.59 Å². The van der Waals surface area contributed by atoms with Crippen molar-refractivity contribution in [1.29, 1.82) is 0 Å². The fourth-order valence-corrected chi connectivity index (χ4v) is 4.92. The van der Waals surface area contributed by atoms with Crippen LogP contribution in [0.5, 0.6) is 0 Å². The van der Waals surface area contributed by atoms with Gasteiger partial charge in [0.15, 0.2) is 11.9 Å². The Morgan fingerprint density at radius 2 is 2.17 bits per heavy atom. The van der Waals surface area contributed by atoms with Crippen LogP contribution in [0.15, 0.2) is 4.79 Å². The number of nitrogens with zero attached hydrogens (tertiary/aromatic N) is 1. The van der Waals surface area contributed by atoms with Crippen LogP contribution in [0.2, 0.25) is 0 Å². The maximum absolute atomic E-state index is 12.6. The van der Waals surface area contributed by atoms with E-state index in [1.165, 1.54) is 10.4 Å². The highest BCUT2D eigenvalue weighted by atomic mass is 32.1. The molecule has 1 saturated carbocycles. The first-order valence-corrected chi connectivity index (χ1v) is 9.50. The van der Waals surface area contributed by atoms with Gasteiger partial charge in [-0.25, -0.2) is 4.98 Å². The molecule has 0 unspecified atom stereocenters. The third kappa shape index (κ3) is 2.66. The predicted molar refractivity (Wildman–Crippen MR) is 93.2 cm³/mol. The second-order valence-corrected chi connectivity index (χ2v) is 8.47. The molecule has 0 radical (unpaired) electrons. The third-order valence-corrected chi connectivity index (χ3v) is 6.42. The molecular formula is C18H22N2O3S. The minimum atomic E-state index is -0.527. The van der Waals surface area contributed by atoms with Gasteiger partial charge in [-0.15, -0.1) is 11.3 Å². The van der Waals surface area contributed by atoms with Crippen molar-refractivity contribution in [2.75, 3.05) is 0 Å². The summed E-state index contributed by atoms with van der Waals surface area (Å²) in [5.41, 5.74) is 1.06. The molecule has 2 heterocycles. The van der Waals surface area contributed by atoms with Gasteiger partial charge in [0.1, 0.15) is 4.83 Å². The Labute approximate surface area is 144 Å². The SMILES string of the molecule is C[C@@H]1CCc2c(sc3nc([C@H](C)OC(=O)[C@@H]4C[C@@H]4C)[nH]c(=O)c23)C1.